The Bertz CT molecular complexity index is 1300. The largest absolute Gasteiger partial charge is 0.494 e. The Balaban J connectivity index is 1.45. The van der Waals surface area contributed by atoms with Gasteiger partial charge in [0.15, 0.2) is 5.82 Å². The van der Waals surface area contributed by atoms with Gasteiger partial charge in [-0.05, 0) is 61.0 Å². The van der Waals surface area contributed by atoms with Crippen molar-refractivity contribution >= 4 is 45.5 Å². The molecule has 8 nitrogen and oxygen atoms in total. The first kappa shape index (κ1) is 25.5. The zero-order chi connectivity index (χ0) is 25.2. The molecular weight excluding hydrogens is 542 g/mol. The van der Waals surface area contributed by atoms with Crippen LogP contribution in [0.3, 0.4) is 0 Å². The predicted molar refractivity (Wildman–Crippen MR) is 145 cm³/mol. The average Bonchev–Trinajstić information content (AvgIpc) is 3.29. The molecule has 1 N–H and O–H groups in total. The van der Waals surface area contributed by atoms with Crippen LogP contribution >= 0.6 is 27.7 Å². The molecule has 0 saturated heterocycles. The minimum atomic E-state index is -0.169. The van der Waals surface area contributed by atoms with Gasteiger partial charge in [0.2, 0.25) is 11.1 Å². The summed E-state index contributed by atoms with van der Waals surface area (Å²) in [5.41, 5.74) is 1.60. The van der Waals surface area contributed by atoms with Gasteiger partial charge < -0.3 is 14.8 Å². The van der Waals surface area contributed by atoms with E-state index in [0.29, 0.717) is 29.0 Å². The number of halogens is 1. The summed E-state index contributed by atoms with van der Waals surface area (Å²) < 4.78 is 13.9. The number of aromatic nitrogens is 3. The molecule has 3 aromatic carbocycles. The molecule has 0 unspecified atom stereocenters. The fourth-order valence-corrected chi connectivity index (χ4v) is 4.03. The molecule has 0 fully saturated rings. The lowest BCUT2D eigenvalue weighted by molar-refractivity contribution is -0.113. The highest BCUT2D eigenvalue weighted by Crippen LogP contribution is 2.20. The van der Waals surface area contributed by atoms with E-state index in [9.17, 15) is 4.79 Å². The Hall–Kier alpha value is -3.63. The maximum Gasteiger partial charge on any atom is 0.234 e. The monoisotopic (exact) mass is 565 g/mol. The zero-order valence-electron chi connectivity index (χ0n) is 19.5. The Morgan fingerprint density at radius 3 is 2.44 bits per heavy atom. The SMILES string of the molecule is CCOc1ccc(NC(=O)CSc2nnc(COc3ccccc3)n2/N=C/c2ccc(Br)cc2)cc1. The van der Waals surface area contributed by atoms with Crippen molar-refractivity contribution in [3.63, 3.8) is 0 Å². The van der Waals surface area contributed by atoms with E-state index in [-0.39, 0.29) is 18.3 Å². The molecule has 1 heterocycles. The normalized spacial score (nSPS) is 10.9. The number of rotatable bonds is 11. The second kappa shape index (κ2) is 12.9. The van der Waals surface area contributed by atoms with E-state index in [2.05, 4.69) is 36.5 Å². The number of nitrogens with one attached hydrogen (secondary N) is 1. The zero-order valence-corrected chi connectivity index (χ0v) is 21.9. The summed E-state index contributed by atoms with van der Waals surface area (Å²) in [6, 6.07) is 24.5. The lowest BCUT2D eigenvalue weighted by Crippen LogP contribution is -2.14. The molecule has 0 aliphatic carbocycles. The molecule has 1 amide bonds. The Kier molecular flexibility index (Phi) is 9.12. The van der Waals surface area contributed by atoms with Gasteiger partial charge in [-0.25, -0.2) is 0 Å². The van der Waals surface area contributed by atoms with E-state index >= 15 is 0 Å². The van der Waals surface area contributed by atoms with Crippen molar-refractivity contribution in [3.05, 3.63) is 94.7 Å². The van der Waals surface area contributed by atoms with Crippen molar-refractivity contribution in [2.45, 2.75) is 18.7 Å². The highest BCUT2D eigenvalue weighted by Gasteiger charge is 2.15. The third kappa shape index (κ3) is 7.43. The van der Waals surface area contributed by atoms with Crippen LogP contribution in [0, 0.1) is 0 Å². The minimum absolute atomic E-state index is 0.138. The van der Waals surface area contributed by atoms with Crippen LogP contribution in [-0.2, 0) is 11.4 Å². The molecular formula is C26H24BrN5O3S. The van der Waals surface area contributed by atoms with Crippen molar-refractivity contribution < 1.29 is 14.3 Å². The molecule has 10 heteroatoms. The van der Waals surface area contributed by atoms with Gasteiger partial charge in [-0.3, -0.25) is 4.79 Å². The molecule has 4 rings (SSSR count). The molecule has 184 valence electrons. The molecule has 0 atom stereocenters. The fourth-order valence-electron chi connectivity index (χ4n) is 3.06. The topological polar surface area (TPSA) is 90.6 Å². The predicted octanol–water partition coefficient (Wildman–Crippen LogP) is 5.63. The lowest BCUT2D eigenvalue weighted by Gasteiger charge is -2.08. The number of amides is 1. The van der Waals surface area contributed by atoms with E-state index in [0.717, 1.165) is 15.8 Å². The molecule has 0 aliphatic rings. The molecule has 1 aromatic heterocycles. The number of thioether (sulfide) groups is 1. The molecule has 0 radical (unpaired) electrons. The van der Waals surface area contributed by atoms with E-state index in [1.807, 2.05) is 73.7 Å². The Morgan fingerprint density at radius 1 is 1.00 bits per heavy atom. The maximum absolute atomic E-state index is 12.5. The van der Waals surface area contributed by atoms with E-state index in [4.69, 9.17) is 9.47 Å². The summed E-state index contributed by atoms with van der Waals surface area (Å²) in [6.07, 6.45) is 1.71. The summed E-state index contributed by atoms with van der Waals surface area (Å²) in [7, 11) is 0. The highest BCUT2D eigenvalue weighted by atomic mass is 79.9. The molecule has 4 aromatic rings. The first-order valence-corrected chi connectivity index (χ1v) is 13.0. The van der Waals surface area contributed by atoms with Crippen LogP contribution in [0.1, 0.15) is 18.3 Å². The van der Waals surface area contributed by atoms with Gasteiger partial charge in [0.05, 0.1) is 18.6 Å². The number of benzene rings is 3. The number of hydrogen-bond donors (Lipinski definition) is 1. The second-order valence-corrected chi connectivity index (χ2v) is 9.26. The average molecular weight is 566 g/mol. The third-order valence-electron chi connectivity index (χ3n) is 4.76. The van der Waals surface area contributed by atoms with Crippen LogP contribution in [0.15, 0.2) is 93.6 Å². The summed E-state index contributed by atoms with van der Waals surface area (Å²) in [5.74, 6) is 1.96. The molecule has 0 aliphatic heterocycles. The van der Waals surface area contributed by atoms with Gasteiger partial charge in [-0.2, -0.15) is 9.78 Å². The van der Waals surface area contributed by atoms with Crippen LogP contribution < -0.4 is 14.8 Å². The number of para-hydroxylation sites is 1. The summed E-state index contributed by atoms with van der Waals surface area (Å²) in [6.45, 7) is 2.69. The number of hydrogen-bond acceptors (Lipinski definition) is 7. The van der Waals surface area contributed by atoms with Crippen LogP contribution in [0.25, 0.3) is 0 Å². The van der Waals surface area contributed by atoms with Gasteiger partial charge >= 0.3 is 0 Å². The lowest BCUT2D eigenvalue weighted by atomic mass is 10.2. The third-order valence-corrected chi connectivity index (χ3v) is 6.21. The van der Waals surface area contributed by atoms with Crippen molar-refractivity contribution in [1.29, 1.82) is 0 Å². The Morgan fingerprint density at radius 2 is 1.72 bits per heavy atom. The van der Waals surface area contributed by atoms with Crippen LogP contribution in [0.5, 0.6) is 11.5 Å². The first-order valence-electron chi connectivity index (χ1n) is 11.2. The quantitative estimate of drug-likeness (QED) is 0.187. The Labute approximate surface area is 221 Å². The first-order chi connectivity index (χ1) is 17.6. The molecule has 36 heavy (non-hydrogen) atoms. The number of ether oxygens (including phenoxy) is 2. The summed E-state index contributed by atoms with van der Waals surface area (Å²) in [5, 5.41) is 16.4. The van der Waals surface area contributed by atoms with Crippen molar-refractivity contribution in [1.82, 2.24) is 14.9 Å². The van der Waals surface area contributed by atoms with Gasteiger partial charge in [0.1, 0.15) is 18.1 Å². The van der Waals surface area contributed by atoms with Crippen LogP contribution in [0.4, 0.5) is 5.69 Å². The van der Waals surface area contributed by atoms with Gasteiger partial charge in [-0.1, -0.05) is 58.0 Å². The van der Waals surface area contributed by atoms with E-state index in [1.54, 1.807) is 23.0 Å². The minimum Gasteiger partial charge on any atom is -0.494 e. The fraction of sp³-hybridized carbons (Fsp3) is 0.154. The van der Waals surface area contributed by atoms with Gasteiger partial charge in [0.25, 0.3) is 0 Å². The van der Waals surface area contributed by atoms with Crippen LogP contribution in [-0.4, -0.2) is 39.4 Å². The number of carbonyl (C=O) groups excluding carboxylic acids is 1. The van der Waals surface area contributed by atoms with E-state index < -0.39 is 0 Å². The van der Waals surface area contributed by atoms with Crippen molar-refractivity contribution in [3.8, 4) is 11.5 Å². The standard InChI is InChI=1S/C26H24BrN5O3S/c1-2-34-23-14-12-21(13-15-23)29-25(33)18-36-26-31-30-24(17-35-22-6-4-3-5-7-22)32(26)28-16-19-8-10-20(27)11-9-19/h3-16H,2,17-18H2,1H3,(H,29,33)/b28-16+. The highest BCUT2D eigenvalue weighted by molar-refractivity contribution is 9.10. The summed E-state index contributed by atoms with van der Waals surface area (Å²) in [4.78, 5) is 12.5. The van der Waals surface area contributed by atoms with Crippen molar-refractivity contribution in [2.24, 2.45) is 5.10 Å². The summed E-state index contributed by atoms with van der Waals surface area (Å²) >= 11 is 4.68. The van der Waals surface area contributed by atoms with E-state index in [1.165, 1.54) is 11.8 Å². The number of anilines is 1. The second-order valence-electron chi connectivity index (χ2n) is 7.40. The van der Waals surface area contributed by atoms with Crippen LogP contribution in [0.2, 0.25) is 0 Å². The van der Waals surface area contributed by atoms with Crippen molar-refractivity contribution in [2.75, 3.05) is 17.7 Å². The van der Waals surface area contributed by atoms with Gasteiger partial charge in [-0.15, -0.1) is 10.2 Å². The number of nitrogens with zero attached hydrogens (tertiary/aromatic N) is 4. The smallest absolute Gasteiger partial charge is 0.234 e. The maximum atomic E-state index is 12.5. The van der Waals surface area contributed by atoms with Gasteiger partial charge in [0, 0.05) is 10.2 Å². The number of carbonyl (C=O) groups is 1. The molecule has 0 spiro atoms. The molecule has 0 saturated carbocycles. The molecule has 0 bridgehead atoms.